The molecule has 1 saturated heterocycles. The van der Waals surface area contributed by atoms with Gasteiger partial charge in [-0.25, -0.2) is 4.79 Å². The average molecular weight is 433 g/mol. The molecule has 0 spiro atoms. The van der Waals surface area contributed by atoms with Crippen molar-refractivity contribution >= 4 is 52.2 Å². The van der Waals surface area contributed by atoms with E-state index in [4.69, 9.17) is 16.3 Å². The van der Waals surface area contributed by atoms with E-state index in [0.717, 1.165) is 16.7 Å². The number of anilines is 1. The van der Waals surface area contributed by atoms with Crippen molar-refractivity contribution in [3.63, 3.8) is 0 Å². The van der Waals surface area contributed by atoms with Gasteiger partial charge in [-0.2, -0.15) is 0 Å². The van der Waals surface area contributed by atoms with E-state index in [1.807, 2.05) is 0 Å². The molecule has 1 aliphatic rings. The molecule has 0 aromatic heterocycles. The van der Waals surface area contributed by atoms with Crippen molar-refractivity contribution < 1.29 is 23.9 Å². The van der Waals surface area contributed by atoms with Crippen molar-refractivity contribution in [3.05, 3.63) is 63.5 Å². The number of nitrogens with zero attached hydrogens (tertiary/aromatic N) is 1. The normalized spacial score (nSPS) is 15.0. The van der Waals surface area contributed by atoms with Crippen LogP contribution in [-0.2, 0) is 9.53 Å². The highest BCUT2D eigenvalue weighted by atomic mass is 35.5. The molecule has 29 heavy (non-hydrogen) atoms. The second kappa shape index (κ2) is 9.02. The van der Waals surface area contributed by atoms with Crippen LogP contribution in [0.25, 0.3) is 6.08 Å². The van der Waals surface area contributed by atoms with E-state index in [0.29, 0.717) is 32.5 Å². The number of carbonyl (C=O) groups is 3. The van der Waals surface area contributed by atoms with Gasteiger partial charge in [0.1, 0.15) is 5.75 Å². The summed E-state index contributed by atoms with van der Waals surface area (Å²) in [7, 11) is 2.82. The molecule has 3 rings (SSSR count). The van der Waals surface area contributed by atoms with Gasteiger partial charge in [-0.1, -0.05) is 23.7 Å². The Bertz CT molecular complexity index is 991. The van der Waals surface area contributed by atoms with E-state index in [9.17, 15) is 14.4 Å². The Hall–Kier alpha value is -2.97. The number of amides is 2. The summed E-state index contributed by atoms with van der Waals surface area (Å²) in [5.41, 5.74) is 1.75. The topological polar surface area (TPSA) is 84.9 Å². The van der Waals surface area contributed by atoms with Crippen LogP contribution >= 0.6 is 23.4 Å². The summed E-state index contributed by atoms with van der Waals surface area (Å²) >= 11 is 6.94. The molecule has 2 aromatic rings. The van der Waals surface area contributed by atoms with E-state index in [-0.39, 0.29) is 11.9 Å². The van der Waals surface area contributed by atoms with Gasteiger partial charge in [0, 0.05) is 5.69 Å². The molecule has 0 saturated carbocycles. The molecule has 9 heteroatoms. The van der Waals surface area contributed by atoms with Gasteiger partial charge in [-0.3, -0.25) is 14.5 Å². The van der Waals surface area contributed by atoms with E-state index in [2.05, 4.69) is 10.1 Å². The fourth-order valence-electron chi connectivity index (χ4n) is 2.57. The third kappa shape index (κ3) is 4.72. The first kappa shape index (κ1) is 20.8. The SMILES string of the molecule is COC(=O)c1ccc(/C=C2\SC(=O)N(CNc3ccc(OC)c(Cl)c3)C2=O)cc1. The van der Waals surface area contributed by atoms with Gasteiger partial charge >= 0.3 is 5.97 Å². The first-order valence-corrected chi connectivity index (χ1v) is 9.63. The van der Waals surface area contributed by atoms with Crippen molar-refractivity contribution in [1.82, 2.24) is 4.90 Å². The number of hydrogen-bond donors (Lipinski definition) is 1. The zero-order valence-corrected chi connectivity index (χ0v) is 17.2. The van der Waals surface area contributed by atoms with Crippen LogP contribution in [0.15, 0.2) is 47.4 Å². The Morgan fingerprint density at radius 3 is 2.52 bits per heavy atom. The highest BCUT2D eigenvalue weighted by Gasteiger charge is 2.34. The van der Waals surface area contributed by atoms with Gasteiger partial charge < -0.3 is 14.8 Å². The quantitative estimate of drug-likeness (QED) is 0.539. The number of rotatable bonds is 6. The molecule has 0 unspecified atom stereocenters. The van der Waals surface area contributed by atoms with Gasteiger partial charge in [-0.15, -0.1) is 0 Å². The Balaban J connectivity index is 1.68. The molecule has 150 valence electrons. The smallest absolute Gasteiger partial charge is 0.337 e. The summed E-state index contributed by atoms with van der Waals surface area (Å²) in [6.07, 6.45) is 1.61. The molecule has 2 aromatic carbocycles. The van der Waals surface area contributed by atoms with Crippen molar-refractivity contribution in [2.75, 3.05) is 26.2 Å². The monoisotopic (exact) mass is 432 g/mol. The lowest BCUT2D eigenvalue weighted by atomic mass is 10.1. The third-order valence-corrected chi connectivity index (χ3v) is 5.30. The van der Waals surface area contributed by atoms with Crippen LogP contribution in [0, 0.1) is 0 Å². The molecular weight excluding hydrogens is 416 g/mol. The summed E-state index contributed by atoms with van der Waals surface area (Å²) in [4.78, 5) is 37.7. The molecule has 7 nitrogen and oxygen atoms in total. The molecule has 1 heterocycles. The largest absolute Gasteiger partial charge is 0.495 e. The van der Waals surface area contributed by atoms with Gasteiger partial charge in [0.05, 0.1) is 36.4 Å². The van der Waals surface area contributed by atoms with Crippen LogP contribution in [0.4, 0.5) is 10.5 Å². The number of ether oxygens (including phenoxy) is 2. The van der Waals surface area contributed by atoms with Crippen LogP contribution in [0.3, 0.4) is 0 Å². The fourth-order valence-corrected chi connectivity index (χ4v) is 3.66. The Morgan fingerprint density at radius 2 is 1.90 bits per heavy atom. The highest BCUT2D eigenvalue weighted by Crippen LogP contribution is 2.32. The van der Waals surface area contributed by atoms with Crippen LogP contribution < -0.4 is 10.1 Å². The number of nitrogens with one attached hydrogen (secondary N) is 1. The molecule has 1 aliphatic heterocycles. The second-order valence-corrected chi connectivity index (χ2v) is 7.31. The number of thioether (sulfide) groups is 1. The predicted molar refractivity (Wildman–Crippen MR) is 112 cm³/mol. The lowest BCUT2D eigenvalue weighted by molar-refractivity contribution is -0.122. The standard InChI is InChI=1S/C20H17ClN2O5S/c1-27-16-8-7-14(10-15(16)21)22-11-23-18(24)17(29-20(23)26)9-12-3-5-13(6-4-12)19(25)28-2/h3-10,22H,11H2,1-2H3/b17-9-. The van der Waals surface area contributed by atoms with E-state index in [1.165, 1.54) is 14.2 Å². The van der Waals surface area contributed by atoms with Crippen molar-refractivity contribution in [2.45, 2.75) is 0 Å². The Kier molecular flexibility index (Phi) is 6.46. The number of imide groups is 1. The first-order valence-electron chi connectivity index (χ1n) is 8.44. The Labute approximate surface area is 176 Å². The number of benzene rings is 2. The summed E-state index contributed by atoms with van der Waals surface area (Å²) in [5, 5.41) is 3.05. The molecule has 1 fully saturated rings. The molecule has 0 atom stereocenters. The summed E-state index contributed by atoms with van der Waals surface area (Å²) < 4.78 is 9.75. The zero-order valence-electron chi connectivity index (χ0n) is 15.6. The summed E-state index contributed by atoms with van der Waals surface area (Å²) in [6, 6.07) is 11.6. The van der Waals surface area contributed by atoms with Crippen LogP contribution in [0.5, 0.6) is 5.75 Å². The van der Waals surface area contributed by atoms with E-state index in [1.54, 1.807) is 48.5 Å². The number of hydrogen-bond acceptors (Lipinski definition) is 7. The fraction of sp³-hybridized carbons (Fsp3) is 0.150. The predicted octanol–water partition coefficient (Wildman–Crippen LogP) is 4.24. The number of methoxy groups -OCH3 is 2. The van der Waals surface area contributed by atoms with Crippen LogP contribution in [-0.4, -0.2) is 42.9 Å². The minimum absolute atomic E-state index is 0.00590. The lowest BCUT2D eigenvalue weighted by Gasteiger charge is -2.15. The summed E-state index contributed by atoms with van der Waals surface area (Å²) in [5.74, 6) is -0.310. The highest BCUT2D eigenvalue weighted by molar-refractivity contribution is 8.18. The van der Waals surface area contributed by atoms with Crippen LogP contribution in [0.1, 0.15) is 15.9 Å². The second-order valence-electron chi connectivity index (χ2n) is 5.91. The van der Waals surface area contributed by atoms with Crippen LogP contribution in [0.2, 0.25) is 5.02 Å². The minimum atomic E-state index is -0.443. The third-order valence-electron chi connectivity index (χ3n) is 4.10. The van der Waals surface area contributed by atoms with E-state index < -0.39 is 11.9 Å². The minimum Gasteiger partial charge on any atom is -0.495 e. The van der Waals surface area contributed by atoms with Gasteiger partial charge in [-0.05, 0) is 53.7 Å². The van der Waals surface area contributed by atoms with Crippen molar-refractivity contribution in [3.8, 4) is 5.75 Å². The van der Waals surface area contributed by atoms with Gasteiger partial charge in [0.15, 0.2) is 0 Å². The molecule has 2 amide bonds. The molecule has 1 N–H and O–H groups in total. The maximum Gasteiger partial charge on any atom is 0.337 e. The number of carbonyl (C=O) groups excluding carboxylic acids is 3. The summed E-state index contributed by atoms with van der Waals surface area (Å²) in [6.45, 7) is 0.00590. The Morgan fingerprint density at radius 1 is 1.17 bits per heavy atom. The molecular formula is C20H17ClN2O5S. The lowest BCUT2D eigenvalue weighted by Crippen LogP contribution is -2.33. The van der Waals surface area contributed by atoms with Gasteiger partial charge in [0.25, 0.3) is 11.1 Å². The molecule has 0 radical (unpaired) electrons. The first-order chi connectivity index (χ1) is 13.9. The van der Waals surface area contributed by atoms with Gasteiger partial charge in [0.2, 0.25) is 0 Å². The maximum absolute atomic E-state index is 12.6. The zero-order chi connectivity index (χ0) is 21.0. The molecule has 0 bridgehead atoms. The number of esters is 1. The average Bonchev–Trinajstić information content (AvgIpc) is 2.99. The van der Waals surface area contributed by atoms with Crippen molar-refractivity contribution in [2.24, 2.45) is 0 Å². The van der Waals surface area contributed by atoms with E-state index >= 15 is 0 Å². The maximum atomic E-state index is 12.6. The van der Waals surface area contributed by atoms with Crippen molar-refractivity contribution in [1.29, 1.82) is 0 Å². The molecule has 0 aliphatic carbocycles. The number of halogens is 1.